The van der Waals surface area contributed by atoms with Crippen molar-refractivity contribution < 1.29 is 9.59 Å². The number of imidazole rings is 1. The van der Waals surface area contributed by atoms with E-state index in [-0.39, 0.29) is 35.8 Å². The molecule has 9 heteroatoms. The standard InChI is InChI=1S/C18H19N5O4/c1-11(24)12-4-6-13(7-5-12)20-14(25)8-9-23-10-19-16-15(23)17(26)22(3)18(27)21(16)2/h4-7,10H,8-9H2,1-3H3,(H,20,25). The Morgan fingerprint density at radius 3 is 2.37 bits per heavy atom. The monoisotopic (exact) mass is 369 g/mol. The Labute approximate surface area is 153 Å². The number of benzene rings is 1. The van der Waals surface area contributed by atoms with E-state index in [0.29, 0.717) is 11.3 Å². The molecular weight excluding hydrogens is 350 g/mol. The van der Waals surface area contributed by atoms with Gasteiger partial charge in [-0.2, -0.15) is 0 Å². The summed E-state index contributed by atoms with van der Waals surface area (Å²) in [6.07, 6.45) is 1.56. The van der Waals surface area contributed by atoms with Crippen LogP contribution < -0.4 is 16.6 Å². The number of hydrogen-bond donors (Lipinski definition) is 1. The molecule has 9 nitrogen and oxygen atoms in total. The van der Waals surface area contributed by atoms with Gasteiger partial charge < -0.3 is 9.88 Å². The molecule has 1 amide bonds. The van der Waals surface area contributed by atoms with Crippen LogP contribution in [-0.4, -0.2) is 30.4 Å². The third-order valence-corrected chi connectivity index (χ3v) is 4.37. The SMILES string of the molecule is CC(=O)c1ccc(NC(=O)CCn2cnc3c2c(=O)n(C)c(=O)n3C)cc1. The number of fused-ring (bicyclic) bond motifs is 1. The van der Waals surface area contributed by atoms with E-state index in [9.17, 15) is 19.2 Å². The van der Waals surface area contributed by atoms with Gasteiger partial charge in [-0.3, -0.25) is 23.5 Å². The summed E-state index contributed by atoms with van der Waals surface area (Å²) in [5, 5.41) is 2.74. The number of nitrogens with zero attached hydrogens (tertiary/aromatic N) is 4. The molecule has 2 heterocycles. The number of Topliss-reactive ketones (excluding diaryl/α,β-unsaturated/α-hetero) is 1. The predicted molar refractivity (Wildman–Crippen MR) is 99.9 cm³/mol. The molecule has 0 aliphatic carbocycles. The minimum Gasteiger partial charge on any atom is -0.326 e. The van der Waals surface area contributed by atoms with Gasteiger partial charge in [0.2, 0.25) is 5.91 Å². The van der Waals surface area contributed by atoms with Crippen molar-refractivity contribution in [3.63, 3.8) is 0 Å². The van der Waals surface area contributed by atoms with Crippen LogP contribution in [0, 0.1) is 0 Å². The molecule has 0 atom stereocenters. The molecule has 1 N–H and O–H groups in total. The van der Waals surface area contributed by atoms with Gasteiger partial charge >= 0.3 is 5.69 Å². The molecule has 1 aromatic carbocycles. The third-order valence-electron chi connectivity index (χ3n) is 4.37. The highest BCUT2D eigenvalue weighted by molar-refractivity contribution is 5.95. The average molecular weight is 369 g/mol. The van der Waals surface area contributed by atoms with Gasteiger partial charge in [0.05, 0.1) is 6.33 Å². The molecule has 0 spiro atoms. The number of nitrogens with one attached hydrogen (secondary N) is 1. The van der Waals surface area contributed by atoms with E-state index >= 15 is 0 Å². The third kappa shape index (κ3) is 3.43. The van der Waals surface area contributed by atoms with Crippen LogP contribution in [0.15, 0.2) is 40.2 Å². The summed E-state index contributed by atoms with van der Waals surface area (Å²) in [7, 11) is 2.94. The normalized spacial score (nSPS) is 10.9. The second-order valence-corrected chi connectivity index (χ2v) is 6.25. The Hall–Kier alpha value is -3.49. The quantitative estimate of drug-likeness (QED) is 0.665. The van der Waals surface area contributed by atoms with Crippen LogP contribution in [0.1, 0.15) is 23.7 Å². The molecule has 140 valence electrons. The molecule has 3 rings (SSSR count). The molecule has 0 radical (unpaired) electrons. The Morgan fingerprint density at radius 2 is 1.74 bits per heavy atom. The number of aromatic nitrogens is 4. The van der Waals surface area contributed by atoms with Crippen molar-refractivity contribution in [2.45, 2.75) is 19.9 Å². The van der Waals surface area contributed by atoms with Crippen LogP contribution in [0.25, 0.3) is 11.2 Å². The van der Waals surface area contributed by atoms with Crippen molar-refractivity contribution in [1.29, 1.82) is 0 Å². The van der Waals surface area contributed by atoms with Crippen LogP contribution in [0.2, 0.25) is 0 Å². The molecule has 27 heavy (non-hydrogen) atoms. The summed E-state index contributed by atoms with van der Waals surface area (Å²) < 4.78 is 3.87. The Bertz CT molecular complexity index is 1150. The van der Waals surface area contributed by atoms with E-state index in [0.717, 1.165) is 4.57 Å². The van der Waals surface area contributed by atoms with Gasteiger partial charge in [0.15, 0.2) is 16.9 Å². The predicted octanol–water partition coefficient (Wildman–Crippen LogP) is 0.665. The second-order valence-electron chi connectivity index (χ2n) is 6.25. The van der Waals surface area contributed by atoms with Gasteiger partial charge in [-0.05, 0) is 31.2 Å². The van der Waals surface area contributed by atoms with Crippen LogP contribution in [-0.2, 0) is 25.4 Å². The Morgan fingerprint density at radius 1 is 1.07 bits per heavy atom. The first-order valence-corrected chi connectivity index (χ1v) is 8.31. The summed E-state index contributed by atoms with van der Waals surface area (Å²) >= 11 is 0. The van der Waals surface area contributed by atoms with Gasteiger partial charge in [-0.25, -0.2) is 9.78 Å². The fraction of sp³-hybridized carbons (Fsp3) is 0.278. The van der Waals surface area contributed by atoms with Gasteiger partial charge in [-0.1, -0.05) is 0 Å². The molecule has 0 bridgehead atoms. The largest absolute Gasteiger partial charge is 0.332 e. The van der Waals surface area contributed by atoms with E-state index in [4.69, 9.17) is 0 Å². The molecular formula is C18H19N5O4. The first-order chi connectivity index (χ1) is 12.8. The van der Waals surface area contributed by atoms with Gasteiger partial charge in [0, 0.05) is 38.3 Å². The van der Waals surface area contributed by atoms with E-state index < -0.39 is 11.2 Å². The minimum absolute atomic E-state index is 0.0455. The average Bonchev–Trinajstić information content (AvgIpc) is 3.07. The maximum Gasteiger partial charge on any atom is 0.332 e. The summed E-state index contributed by atoms with van der Waals surface area (Å²) in [6, 6.07) is 6.61. The zero-order valence-electron chi connectivity index (χ0n) is 15.2. The molecule has 3 aromatic rings. The molecule has 0 saturated carbocycles. The molecule has 0 saturated heterocycles. The van der Waals surface area contributed by atoms with E-state index in [2.05, 4.69) is 10.3 Å². The lowest BCUT2D eigenvalue weighted by atomic mass is 10.1. The molecule has 2 aromatic heterocycles. The fourth-order valence-corrected chi connectivity index (χ4v) is 2.80. The van der Waals surface area contributed by atoms with Crippen molar-refractivity contribution in [2.75, 3.05) is 5.32 Å². The van der Waals surface area contributed by atoms with Gasteiger partial charge in [0.1, 0.15) is 0 Å². The van der Waals surface area contributed by atoms with Gasteiger partial charge in [-0.15, -0.1) is 0 Å². The van der Waals surface area contributed by atoms with E-state index in [1.165, 1.54) is 24.9 Å². The van der Waals surface area contributed by atoms with Crippen molar-refractivity contribution >= 4 is 28.5 Å². The minimum atomic E-state index is -0.454. The van der Waals surface area contributed by atoms with Crippen molar-refractivity contribution in [3.05, 3.63) is 57.0 Å². The Balaban J connectivity index is 1.75. The lowest BCUT2D eigenvalue weighted by molar-refractivity contribution is -0.116. The van der Waals surface area contributed by atoms with E-state index in [1.807, 2.05) is 0 Å². The number of carbonyl (C=O) groups excluding carboxylic acids is 2. The number of hydrogen-bond acceptors (Lipinski definition) is 5. The summed E-state index contributed by atoms with van der Waals surface area (Å²) in [5.41, 5.74) is 0.801. The first kappa shape index (κ1) is 18.3. The van der Waals surface area contributed by atoms with Crippen molar-refractivity contribution in [1.82, 2.24) is 18.7 Å². The summed E-state index contributed by atoms with van der Waals surface area (Å²) in [4.78, 5) is 51.9. The first-order valence-electron chi connectivity index (χ1n) is 8.31. The van der Waals surface area contributed by atoms with E-state index in [1.54, 1.807) is 35.9 Å². The number of carbonyl (C=O) groups is 2. The van der Waals surface area contributed by atoms with Gasteiger partial charge in [0.25, 0.3) is 5.56 Å². The number of anilines is 1. The molecule has 0 aliphatic rings. The van der Waals surface area contributed by atoms with Crippen molar-refractivity contribution in [2.24, 2.45) is 14.1 Å². The highest BCUT2D eigenvalue weighted by Crippen LogP contribution is 2.11. The Kier molecular flexibility index (Phi) is 4.76. The van der Waals surface area contributed by atoms with Crippen LogP contribution in [0.5, 0.6) is 0 Å². The summed E-state index contributed by atoms with van der Waals surface area (Å²) in [6.45, 7) is 1.71. The zero-order valence-corrected chi connectivity index (χ0v) is 15.2. The van der Waals surface area contributed by atoms with Crippen molar-refractivity contribution in [3.8, 4) is 0 Å². The maximum atomic E-state index is 12.4. The van der Waals surface area contributed by atoms with Crippen LogP contribution in [0.3, 0.4) is 0 Å². The molecule has 0 unspecified atom stereocenters. The smallest absolute Gasteiger partial charge is 0.326 e. The zero-order chi connectivity index (χ0) is 19.7. The van der Waals surface area contributed by atoms with Crippen LogP contribution in [0.4, 0.5) is 5.69 Å². The second kappa shape index (κ2) is 7.02. The number of ketones is 1. The molecule has 0 fully saturated rings. The number of aryl methyl sites for hydroxylation is 2. The maximum absolute atomic E-state index is 12.4. The number of amides is 1. The highest BCUT2D eigenvalue weighted by atomic mass is 16.2. The van der Waals surface area contributed by atoms with Crippen LogP contribution >= 0.6 is 0 Å². The lowest BCUT2D eigenvalue weighted by Gasteiger charge is -2.08. The lowest BCUT2D eigenvalue weighted by Crippen LogP contribution is -2.37. The number of rotatable bonds is 5. The topological polar surface area (TPSA) is 108 Å². The highest BCUT2D eigenvalue weighted by Gasteiger charge is 2.15. The summed E-state index contributed by atoms with van der Waals surface area (Å²) in [5.74, 6) is -0.287. The fourth-order valence-electron chi connectivity index (χ4n) is 2.80. The molecule has 0 aliphatic heterocycles.